The lowest BCUT2D eigenvalue weighted by atomic mass is 10.0. The molecule has 0 fully saturated rings. The zero-order chi connectivity index (χ0) is 17.8. The van der Waals surface area contributed by atoms with Crippen LogP contribution in [0.1, 0.15) is 23.0 Å². The number of fused-ring (bicyclic) bond motifs is 1. The van der Waals surface area contributed by atoms with Crippen LogP contribution >= 0.6 is 0 Å². The number of nitrogens with one attached hydrogen (secondary N) is 1. The lowest BCUT2D eigenvalue weighted by molar-refractivity contribution is -0.119. The predicted molar refractivity (Wildman–Crippen MR) is 91.9 cm³/mol. The number of Topliss-reactive ketones (excluding diaryl/α,β-unsaturated/α-hetero) is 1. The Kier molecular flexibility index (Phi) is 4.57. The van der Waals surface area contributed by atoms with Crippen molar-refractivity contribution in [1.82, 2.24) is 4.98 Å². The van der Waals surface area contributed by atoms with Crippen molar-refractivity contribution in [3.8, 4) is 6.07 Å². The molecule has 0 radical (unpaired) electrons. The Hall–Kier alpha value is -3.46. The number of ketones is 1. The monoisotopic (exact) mass is 333 g/mol. The normalized spacial score (nSPS) is 11.7. The number of hydrogen-bond donors (Lipinski definition) is 1. The van der Waals surface area contributed by atoms with Gasteiger partial charge in [0.15, 0.2) is 0 Å². The molecule has 2 aromatic heterocycles. The summed E-state index contributed by atoms with van der Waals surface area (Å²) in [4.78, 5) is 27.9. The second kappa shape index (κ2) is 6.97. The first-order chi connectivity index (χ1) is 12.1. The molecule has 1 aromatic carbocycles. The Morgan fingerprint density at radius 1 is 1.28 bits per heavy atom. The van der Waals surface area contributed by atoms with E-state index in [1.165, 1.54) is 13.1 Å². The molecule has 0 saturated heterocycles. The van der Waals surface area contributed by atoms with E-state index in [-0.39, 0.29) is 18.1 Å². The van der Waals surface area contributed by atoms with Gasteiger partial charge in [-0.25, -0.2) is 4.98 Å². The molecular formula is C19H15N3O3. The molecule has 3 aromatic rings. The number of carbonyl (C=O) groups is 2. The minimum absolute atomic E-state index is 0.187. The van der Waals surface area contributed by atoms with Crippen molar-refractivity contribution in [2.24, 2.45) is 5.92 Å². The molecular weight excluding hydrogens is 318 g/mol. The first-order valence-electron chi connectivity index (χ1n) is 7.72. The summed E-state index contributed by atoms with van der Waals surface area (Å²) in [6, 6.07) is 14.2. The van der Waals surface area contributed by atoms with E-state index in [0.717, 1.165) is 0 Å². The van der Waals surface area contributed by atoms with Crippen LogP contribution in [-0.4, -0.2) is 16.7 Å². The molecule has 0 spiro atoms. The lowest BCUT2D eigenvalue weighted by Crippen LogP contribution is -2.12. The van der Waals surface area contributed by atoms with Gasteiger partial charge in [-0.1, -0.05) is 18.2 Å². The fourth-order valence-corrected chi connectivity index (χ4v) is 2.47. The van der Waals surface area contributed by atoms with E-state index < -0.39 is 5.92 Å². The van der Waals surface area contributed by atoms with Gasteiger partial charge < -0.3 is 9.73 Å². The highest BCUT2D eigenvalue weighted by atomic mass is 16.3. The van der Waals surface area contributed by atoms with Crippen LogP contribution in [0.4, 0.5) is 5.82 Å². The molecule has 1 amide bonds. The summed E-state index contributed by atoms with van der Waals surface area (Å²) >= 11 is 0. The zero-order valence-electron chi connectivity index (χ0n) is 13.5. The predicted octanol–water partition coefficient (Wildman–Crippen LogP) is 3.35. The van der Waals surface area contributed by atoms with Crippen LogP contribution in [0.3, 0.4) is 0 Å². The molecule has 0 aliphatic rings. The highest BCUT2D eigenvalue weighted by molar-refractivity contribution is 6.07. The molecule has 0 bridgehead atoms. The molecule has 1 atom stereocenters. The first kappa shape index (κ1) is 16.4. The fraction of sp³-hybridized carbons (Fsp3) is 0.158. The van der Waals surface area contributed by atoms with Gasteiger partial charge in [0.25, 0.3) is 5.91 Å². The minimum Gasteiger partial charge on any atom is -0.461 e. The number of hydrogen-bond acceptors (Lipinski definition) is 5. The van der Waals surface area contributed by atoms with Crippen LogP contribution < -0.4 is 5.32 Å². The van der Waals surface area contributed by atoms with Crippen LogP contribution in [0.25, 0.3) is 11.0 Å². The largest absolute Gasteiger partial charge is 0.461 e. The van der Waals surface area contributed by atoms with Crippen molar-refractivity contribution in [2.75, 3.05) is 5.32 Å². The van der Waals surface area contributed by atoms with Gasteiger partial charge in [0.2, 0.25) is 0 Å². The van der Waals surface area contributed by atoms with E-state index in [1.807, 2.05) is 12.1 Å². The van der Waals surface area contributed by atoms with E-state index in [4.69, 9.17) is 9.68 Å². The van der Waals surface area contributed by atoms with Crippen molar-refractivity contribution in [1.29, 1.82) is 5.26 Å². The standard InChI is InChI=1S/C19H15N3O3/c1-12(23)14(11-20)9-15-10-16-17(25-15)7-8-21-18(16)22-19(24)13-5-3-2-4-6-13/h2-8,10,14H,9H2,1H3,(H,21,22,24). The maximum absolute atomic E-state index is 12.3. The smallest absolute Gasteiger partial charge is 0.256 e. The number of pyridine rings is 1. The summed E-state index contributed by atoms with van der Waals surface area (Å²) in [6.45, 7) is 1.38. The Morgan fingerprint density at radius 2 is 2.04 bits per heavy atom. The third kappa shape index (κ3) is 3.56. The number of rotatable bonds is 5. The molecule has 0 aliphatic carbocycles. The van der Waals surface area contributed by atoms with Crippen LogP contribution in [0.5, 0.6) is 0 Å². The number of benzene rings is 1. The summed E-state index contributed by atoms with van der Waals surface area (Å²) in [7, 11) is 0. The van der Waals surface area contributed by atoms with Crippen molar-refractivity contribution < 1.29 is 14.0 Å². The topological polar surface area (TPSA) is 96.0 Å². The highest BCUT2D eigenvalue weighted by Gasteiger charge is 2.18. The summed E-state index contributed by atoms with van der Waals surface area (Å²) < 4.78 is 5.68. The summed E-state index contributed by atoms with van der Waals surface area (Å²) in [5.41, 5.74) is 1.06. The number of carbonyl (C=O) groups excluding carboxylic acids is 2. The zero-order valence-corrected chi connectivity index (χ0v) is 13.5. The molecule has 0 saturated carbocycles. The maximum Gasteiger partial charge on any atom is 0.256 e. The lowest BCUT2D eigenvalue weighted by Gasteiger charge is -2.04. The molecule has 6 nitrogen and oxygen atoms in total. The van der Waals surface area contributed by atoms with Gasteiger partial charge >= 0.3 is 0 Å². The van der Waals surface area contributed by atoms with Crippen molar-refractivity contribution in [3.63, 3.8) is 0 Å². The fourth-order valence-electron chi connectivity index (χ4n) is 2.47. The number of aromatic nitrogens is 1. The van der Waals surface area contributed by atoms with E-state index in [1.54, 1.807) is 36.4 Å². The van der Waals surface area contributed by atoms with Gasteiger partial charge in [0.1, 0.15) is 28.9 Å². The van der Waals surface area contributed by atoms with Crippen LogP contribution in [-0.2, 0) is 11.2 Å². The average Bonchev–Trinajstić information content (AvgIpc) is 3.04. The number of nitriles is 1. The van der Waals surface area contributed by atoms with E-state index in [2.05, 4.69) is 10.3 Å². The summed E-state index contributed by atoms with van der Waals surface area (Å²) in [5.74, 6) is -0.366. The third-order valence-corrected chi connectivity index (χ3v) is 3.82. The maximum atomic E-state index is 12.3. The van der Waals surface area contributed by atoms with Crippen molar-refractivity contribution in [2.45, 2.75) is 13.3 Å². The molecule has 3 rings (SSSR count). The Morgan fingerprint density at radius 3 is 2.72 bits per heavy atom. The van der Waals surface area contributed by atoms with Gasteiger partial charge in [0.05, 0.1) is 11.5 Å². The van der Waals surface area contributed by atoms with E-state index >= 15 is 0 Å². The molecule has 1 N–H and O–H groups in total. The summed E-state index contributed by atoms with van der Waals surface area (Å²) in [6.07, 6.45) is 1.72. The minimum atomic E-state index is -0.754. The molecule has 1 unspecified atom stereocenters. The number of nitrogens with zero attached hydrogens (tertiary/aromatic N) is 2. The molecule has 6 heteroatoms. The van der Waals surface area contributed by atoms with Gasteiger partial charge in [-0.15, -0.1) is 0 Å². The van der Waals surface area contributed by atoms with E-state index in [9.17, 15) is 9.59 Å². The Balaban J connectivity index is 1.88. The Labute approximate surface area is 144 Å². The molecule has 25 heavy (non-hydrogen) atoms. The second-order valence-corrected chi connectivity index (χ2v) is 5.60. The van der Waals surface area contributed by atoms with Crippen LogP contribution in [0, 0.1) is 17.2 Å². The molecule has 124 valence electrons. The van der Waals surface area contributed by atoms with Crippen molar-refractivity contribution >= 4 is 28.5 Å². The van der Waals surface area contributed by atoms with E-state index in [0.29, 0.717) is 28.1 Å². The van der Waals surface area contributed by atoms with Gasteiger partial charge in [-0.05, 0) is 31.2 Å². The van der Waals surface area contributed by atoms with Crippen LogP contribution in [0.15, 0.2) is 53.1 Å². The summed E-state index contributed by atoms with van der Waals surface area (Å²) in [5, 5.41) is 12.4. The van der Waals surface area contributed by atoms with Gasteiger partial charge in [-0.2, -0.15) is 5.26 Å². The number of anilines is 1. The quantitative estimate of drug-likeness (QED) is 0.772. The Bertz CT molecular complexity index is 970. The van der Waals surface area contributed by atoms with Gasteiger partial charge in [-0.3, -0.25) is 9.59 Å². The third-order valence-electron chi connectivity index (χ3n) is 3.82. The average molecular weight is 333 g/mol. The first-order valence-corrected chi connectivity index (χ1v) is 7.72. The van der Waals surface area contributed by atoms with Crippen molar-refractivity contribution in [3.05, 3.63) is 60.0 Å². The molecule has 2 heterocycles. The number of furan rings is 1. The second-order valence-electron chi connectivity index (χ2n) is 5.60. The SMILES string of the molecule is CC(=O)C(C#N)Cc1cc2c(NC(=O)c3ccccc3)nccc2o1. The number of amides is 1. The molecule has 0 aliphatic heterocycles. The van der Waals surface area contributed by atoms with Crippen LogP contribution in [0.2, 0.25) is 0 Å². The van der Waals surface area contributed by atoms with Gasteiger partial charge in [0, 0.05) is 18.2 Å². The highest BCUT2D eigenvalue weighted by Crippen LogP contribution is 2.26.